The van der Waals surface area contributed by atoms with Crippen molar-refractivity contribution in [3.05, 3.63) is 30.6 Å². The van der Waals surface area contributed by atoms with Crippen LogP contribution in [-0.2, 0) is 17.1 Å². The molecule has 0 aromatic carbocycles. The number of pyridine rings is 1. The maximum absolute atomic E-state index is 11.9. The molecule has 2 heterocycles. The van der Waals surface area contributed by atoms with Gasteiger partial charge in [-0.05, 0) is 12.1 Å². The van der Waals surface area contributed by atoms with E-state index in [0.29, 0.717) is 5.82 Å². The molecule has 8 heteroatoms. The molecule has 0 fully saturated rings. The van der Waals surface area contributed by atoms with Crippen LogP contribution in [0.3, 0.4) is 0 Å². The van der Waals surface area contributed by atoms with E-state index in [2.05, 4.69) is 14.8 Å². The molecule has 0 aliphatic rings. The Bertz CT molecular complexity index is 617. The van der Waals surface area contributed by atoms with Crippen LogP contribution in [0.25, 0.3) is 0 Å². The number of sulfonamides is 1. The molecule has 0 aliphatic heterocycles. The van der Waals surface area contributed by atoms with E-state index in [1.807, 2.05) is 0 Å². The first-order chi connectivity index (χ1) is 7.99. The summed E-state index contributed by atoms with van der Waals surface area (Å²) in [5.74, 6) is 0.645. The van der Waals surface area contributed by atoms with Crippen LogP contribution in [0.5, 0.6) is 0 Å². The van der Waals surface area contributed by atoms with E-state index in [9.17, 15) is 8.42 Å². The van der Waals surface area contributed by atoms with Crippen LogP contribution in [0, 0.1) is 0 Å². The fourth-order valence-electron chi connectivity index (χ4n) is 1.22. The van der Waals surface area contributed by atoms with Crippen molar-refractivity contribution in [2.75, 3.05) is 10.5 Å². The minimum absolute atomic E-state index is 0.0490. The molecule has 2 rings (SSSR count). The lowest BCUT2D eigenvalue weighted by molar-refractivity contribution is 0.600. The third-order valence-corrected chi connectivity index (χ3v) is 3.47. The highest BCUT2D eigenvalue weighted by Gasteiger charge is 2.15. The highest BCUT2D eigenvalue weighted by molar-refractivity contribution is 7.92. The predicted octanol–water partition coefficient (Wildman–Crippen LogP) is 0.198. The van der Waals surface area contributed by atoms with Crippen LogP contribution in [0.4, 0.5) is 11.6 Å². The molecule has 2 aromatic heterocycles. The minimum atomic E-state index is -3.65. The van der Waals surface area contributed by atoms with Crippen LogP contribution in [-0.4, -0.2) is 23.2 Å². The van der Waals surface area contributed by atoms with E-state index in [-0.39, 0.29) is 10.7 Å². The average molecular weight is 253 g/mol. The summed E-state index contributed by atoms with van der Waals surface area (Å²) >= 11 is 0. The van der Waals surface area contributed by atoms with Crippen LogP contribution in [0.15, 0.2) is 35.5 Å². The van der Waals surface area contributed by atoms with Gasteiger partial charge in [-0.15, -0.1) is 0 Å². The van der Waals surface area contributed by atoms with Crippen molar-refractivity contribution >= 4 is 21.7 Å². The summed E-state index contributed by atoms with van der Waals surface area (Å²) in [4.78, 5) is 3.78. The van der Waals surface area contributed by atoms with E-state index < -0.39 is 10.0 Å². The summed E-state index contributed by atoms with van der Waals surface area (Å²) < 4.78 is 27.7. The van der Waals surface area contributed by atoms with E-state index in [1.165, 1.54) is 29.2 Å². The van der Waals surface area contributed by atoms with Crippen LogP contribution < -0.4 is 10.5 Å². The van der Waals surface area contributed by atoms with Gasteiger partial charge < -0.3 is 5.73 Å². The Balaban J connectivity index is 2.31. The quantitative estimate of drug-likeness (QED) is 0.813. The lowest BCUT2D eigenvalue weighted by Gasteiger charge is -2.07. The van der Waals surface area contributed by atoms with Crippen molar-refractivity contribution in [1.29, 1.82) is 0 Å². The van der Waals surface area contributed by atoms with Crippen molar-refractivity contribution in [1.82, 2.24) is 14.8 Å². The van der Waals surface area contributed by atoms with Gasteiger partial charge in [-0.2, -0.15) is 5.10 Å². The molecular formula is C9H11N5O2S. The summed E-state index contributed by atoms with van der Waals surface area (Å²) in [6.45, 7) is 0. The molecule has 0 aliphatic carbocycles. The zero-order valence-corrected chi connectivity index (χ0v) is 9.85. The standard InChI is InChI=1S/C9H11N5O2S/c1-14-9(4-5-12-14)13-17(15,16)7-2-3-8(10)11-6-7/h2-6,13H,1H3,(H2,10,11). The lowest BCUT2D eigenvalue weighted by Crippen LogP contribution is -2.15. The van der Waals surface area contributed by atoms with Crippen LogP contribution in [0.2, 0.25) is 0 Å². The Kier molecular flexibility index (Phi) is 2.72. The normalized spacial score (nSPS) is 11.4. The monoisotopic (exact) mass is 253 g/mol. The maximum Gasteiger partial charge on any atom is 0.264 e. The largest absolute Gasteiger partial charge is 0.384 e. The number of nitrogens with zero attached hydrogens (tertiary/aromatic N) is 3. The number of hydrogen-bond acceptors (Lipinski definition) is 5. The third-order valence-electron chi connectivity index (χ3n) is 2.13. The lowest BCUT2D eigenvalue weighted by atomic mass is 10.5. The molecule has 0 atom stereocenters. The zero-order chi connectivity index (χ0) is 12.5. The third kappa shape index (κ3) is 2.36. The second-order valence-electron chi connectivity index (χ2n) is 3.36. The van der Waals surface area contributed by atoms with Crippen molar-refractivity contribution in [2.45, 2.75) is 4.90 Å². The number of nitrogen functional groups attached to an aromatic ring is 1. The molecule has 0 saturated carbocycles. The van der Waals surface area contributed by atoms with Gasteiger partial charge in [-0.1, -0.05) is 0 Å². The highest BCUT2D eigenvalue weighted by Crippen LogP contribution is 2.14. The van der Waals surface area contributed by atoms with Crippen molar-refractivity contribution < 1.29 is 8.42 Å². The van der Waals surface area contributed by atoms with Crippen molar-refractivity contribution in [3.8, 4) is 0 Å². The Hall–Kier alpha value is -2.09. The number of nitrogens with two attached hydrogens (primary N) is 1. The first kappa shape index (κ1) is 11.4. The van der Waals surface area contributed by atoms with Crippen LogP contribution in [0.1, 0.15) is 0 Å². The van der Waals surface area contributed by atoms with Crippen molar-refractivity contribution in [3.63, 3.8) is 0 Å². The molecule has 0 spiro atoms. The molecule has 2 aromatic rings. The second kappa shape index (κ2) is 4.06. The Morgan fingerprint density at radius 2 is 2.12 bits per heavy atom. The van der Waals surface area contributed by atoms with E-state index in [4.69, 9.17) is 5.73 Å². The number of nitrogens with one attached hydrogen (secondary N) is 1. The second-order valence-corrected chi connectivity index (χ2v) is 5.05. The zero-order valence-electron chi connectivity index (χ0n) is 9.03. The molecule has 0 radical (unpaired) electrons. The van der Waals surface area contributed by atoms with Crippen LogP contribution >= 0.6 is 0 Å². The summed E-state index contributed by atoms with van der Waals surface area (Å²) in [5, 5.41) is 3.86. The van der Waals surface area contributed by atoms with Gasteiger partial charge in [-0.3, -0.25) is 9.40 Å². The number of rotatable bonds is 3. The van der Waals surface area contributed by atoms with Gasteiger partial charge in [-0.25, -0.2) is 13.4 Å². The molecule has 17 heavy (non-hydrogen) atoms. The number of hydrogen-bond donors (Lipinski definition) is 2. The van der Waals surface area contributed by atoms with Gasteiger partial charge in [0, 0.05) is 19.3 Å². The summed E-state index contributed by atoms with van der Waals surface area (Å²) in [5.41, 5.74) is 5.39. The predicted molar refractivity (Wildman–Crippen MR) is 62.7 cm³/mol. The van der Waals surface area contributed by atoms with Gasteiger partial charge in [0.25, 0.3) is 10.0 Å². The van der Waals surface area contributed by atoms with E-state index >= 15 is 0 Å². The van der Waals surface area contributed by atoms with Gasteiger partial charge >= 0.3 is 0 Å². The van der Waals surface area contributed by atoms with E-state index in [0.717, 1.165) is 0 Å². The summed E-state index contributed by atoms with van der Waals surface area (Å²) in [7, 11) is -2.01. The molecule has 0 bridgehead atoms. The Morgan fingerprint density at radius 1 is 1.35 bits per heavy atom. The first-order valence-electron chi connectivity index (χ1n) is 4.71. The first-order valence-corrected chi connectivity index (χ1v) is 6.20. The molecule has 7 nitrogen and oxygen atoms in total. The summed E-state index contributed by atoms with van der Waals surface area (Å²) in [6, 6.07) is 4.38. The molecule has 0 saturated heterocycles. The van der Waals surface area contributed by atoms with Gasteiger partial charge in [0.15, 0.2) is 0 Å². The van der Waals surface area contributed by atoms with Crippen molar-refractivity contribution in [2.24, 2.45) is 7.05 Å². The Labute approximate surface area is 98.3 Å². The average Bonchev–Trinajstić information content (AvgIpc) is 2.64. The van der Waals surface area contributed by atoms with E-state index in [1.54, 1.807) is 13.1 Å². The molecular weight excluding hydrogens is 242 g/mol. The molecule has 0 amide bonds. The van der Waals surface area contributed by atoms with Gasteiger partial charge in [0.1, 0.15) is 16.5 Å². The number of aromatic nitrogens is 3. The summed E-state index contributed by atoms with van der Waals surface area (Å²) in [6.07, 6.45) is 2.70. The SMILES string of the molecule is Cn1nccc1NS(=O)(=O)c1ccc(N)nc1. The fraction of sp³-hybridized carbons (Fsp3) is 0.111. The fourth-order valence-corrected chi connectivity index (χ4v) is 2.25. The minimum Gasteiger partial charge on any atom is -0.384 e. The maximum atomic E-state index is 11.9. The number of aryl methyl sites for hydroxylation is 1. The van der Waals surface area contributed by atoms with Gasteiger partial charge in [0.2, 0.25) is 0 Å². The molecule has 90 valence electrons. The topological polar surface area (TPSA) is 103 Å². The molecule has 3 N–H and O–H groups in total. The smallest absolute Gasteiger partial charge is 0.264 e. The molecule has 0 unspecified atom stereocenters. The van der Waals surface area contributed by atoms with Gasteiger partial charge in [0.05, 0.1) is 6.20 Å². The number of anilines is 2. The highest BCUT2D eigenvalue weighted by atomic mass is 32.2. The Morgan fingerprint density at radius 3 is 2.65 bits per heavy atom.